The number of amides is 2. The van der Waals surface area contributed by atoms with Crippen molar-refractivity contribution in [2.45, 2.75) is 64.3 Å². The van der Waals surface area contributed by atoms with E-state index in [4.69, 9.17) is 0 Å². The number of carbonyl (C=O) groups is 1. The monoisotopic (exact) mass is 281 g/mol. The number of nitrogens with one attached hydrogen (secondary N) is 1. The molecule has 2 rings (SSSR count). The highest BCUT2D eigenvalue weighted by Crippen LogP contribution is 2.14. The maximum atomic E-state index is 12.8. The van der Waals surface area contributed by atoms with Gasteiger partial charge in [-0.2, -0.15) is 0 Å². The van der Waals surface area contributed by atoms with Gasteiger partial charge in [0.15, 0.2) is 0 Å². The van der Waals surface area contributed by atoms with E-state index in [1.165, 1.54) is 38.5 Å². The summed E-state index contributed by atoms with van der Waals surface area (Å²) in [5.74, 6) is 0. The molecule has 0 spiro atoms. The average Bonchev–Trinajstić information content (AvgIpc) is 2.82. The summed E-state index contributed by atoms with van der Waals surface area (Å²) in [4.78, 5) is 17.0. The van der Waals surface area contributed by atoms with Crippen LogP contribution in [0.25, 0.3) is 0 Å². The average molecular weight is 281 g/mol. The lowest BCUT2D eigenvalue weighted by Crippen LogP contribution is -2.48. The Hall–Kier alpha value is -0.770. The summed E-state index contributed by atoms with van der Waals surface area (Å²) in [6.45, 7) is 7.05. The maximum absolute atomic E-state index is 12.8. The molecule has 2 aliphatic rings. The Morgan fingerprint density at radius 1 is 1.20 bits per heavy atom. The number of nitrogens with zero attached hydrogens (tertiary/aromatic N) is 2. The van der Waals surface area contributed by atoms with Gasteiger partial charge in [0.05, 0.1) is 0 Å². The van der Waals surface area contributed by atoms with Crippen LogP contribution in [0.1, 0.15) is 58.3 Å². The minimum atomic E-state index is 0.286. The summed E-state index contributed by atoms with van der Waals surface area (Å²) in [6.07, 6.45) is 9.66. The lowest BCUT2D eigenvalue weighted by molar-refractivity contribution is 0.149. The van der Waals surface area contributed by atoms with Gasteiger partial charge in [-0.1, -0.05) is 26.2 Å². The van der Waals surface area contributed by atoms with Crippen LogP contribution in [-0.2, 0) is 0 Å². The van der Waals surface area contributed by atoms with Crippen molar-refractivity contribution in [1.29, 1.82) is 0 Å². The largest absolute Gasteiger partial charge is 0.325 e. The van der Waals surface area contributed by atoms with Crippen molar-refractivity contribution in [3.8, 4) is 0 Å². The van der Waals surface area contributed by atoms with E-state index in [0.717, 1.165) is 45.6 Å². The molecule has 0 radical (unpaired) electrons. The number of hydrogen-bond acceptors (Lipinski definition) is 2. The molecule has 2 fully saturated rings. The van der Waals surface area contributed by atoms with Crippen molar-refractivity contribution in [2.75, 3.05) is 32.7 Å². The Morgan fingerprint density at radius 3 is 2.55 bits per heavy atom. The van der Waals surface area contributed by atoms with Crippen LogP contribution < -0.4 is 5.32 Å². The third kappa shape index (κ3) is 4.65. The van der Waals surface area contributed by atoms with Gasteiger partial charge in [0.2, 0.25) is 0 Å². The first kappa shape index (κ1) is 15.6. The molecule has 1 atom stereocenters. The van der Waals surface area contributed by atoms with Crippen LogP contribution >= 0.6 is 0 Å². The molecule has 0 aromatic heterocycles. The van der Waals surface area contributed by atoms with Gasteiger partial charge < -0.3 is 15.1 Å². The predicted molar refractivity (Wildman–Crippen MR) is 82.9 cm³/mol. The summed E-state index contributed by atoms with van der Waals surface area (Å²) in [5.41, 5.74) is 0. The van der Waals surface area contributed by atoms with Crippen molar-refractivity contribution in [2.24, 2.45) is 0 Å². The van der Waals surface area contributed by atoms with Gasteiger partial charge in [0.1, 0.15) is 0 Å². The van der Waals surface area contributed by atoms with Gasteiger partial charge in [-0.15, -0.1) is 0 Å². The maximum Gasteiger partial charge on any atom is 0.320 e. The standard InChI is InChI=1S/C16H31N3O/c1-2-3-11-19(14-15-9-8-10-17-15)16(20)18-12-6-4-5-7-13-18/h15,17H,2-14H2,1H3. The van der Waals surface area contributed by atoms with E-state index in [1.807, 2.05) is 0 Å². The van der Waals surface area contributed by atoms with Gasteiger partial charge in [0.25, 0.3) is 0 Å². The molecule has 0 aromatic carbocycles. The molecule has 0 bridgehead atoms. The van der Waals surface area contributed by atoms with Crippen LogP contribution in [0.15, 0.2) is 0 Å². The molecule has 4 heteroatoms. The SMILES string of the molecule is CCCCN(CC1CCCN1)C(=O)N1CCCCCC1. The first-order chi connectivity index (χ1) is 9.81. The van der Waals surface area contributed by atoms with E-state index in [9.17, 15) is 4.79 Å². The molecule has 116 valence electrons. The summed E-state index contributed by atoms with van der Waals surface area (Å²) < 4.78 is 0. The van der Waals surface area contributed by atoms with Gasteiger partial charge in [-0.05, 0) is 38.6 Å². The number of urea groups is 1. The molecule has 2 amide bonds. The molecule has 4 nitrogen and oxygen atoms in total. The fourth-order valence-corrected chi connectivity index (χ4v) is 3.25. The van der Waals surface area contributed by atoms with Crippen molar-refractivity contribution >= 4 is 6.03 Å². The quantitative estimate of drug-likeness (QED) is 0.841. The molecule has 1 unspecified atom stereocenters. The van der Waals surface area contributed by atoms with E-state index in [2.05, 4.69) is 22.0 Å². The molecule has 0 saturated carbocycles. The molecule has 1 N–H and O–H groups in total. The van der Waals surface area contributed by atoms with E-state index in [1.54, 1.807) is 0 Å². The van der Waals surface area contributed by atoms with Gasteiger partial charge in [0, 0.05) is 32.2 Å². The highest BCUT2D eigenvalue weighted by Gasteiger charge is 2.25. The highest BCUT2D eigenvalue weighted by atomic mass is 16.2. The second kappa shape index (κ2) is 8.50. The molecule has 2 heterocycles. The smallest absolute Gasteiger partial charge is 0.320 e. The molecular weight excluding hydrogens is 250 g/mol. The molecular formula is C16H31N3O. The van der Waals surface area contributed by atoms with E-state index >= 15 is 0 Å². The van der Waals surface area contributed by atoms with Crippen LogP contribution in [0.4, 0.5) is 4.79 Å². The Kier molecular flexibility index (Phi) is 6.64. The van der Waals surface area contributed by atoms with Crippen molar-refractivity contribution < 1.29 is 4.79 Å². The van der Waals surface area contributed by atoms with Gasteiger partial charge in [-0.3, -0.25) is 0 Å². The van der Waals surface area contributed by atoms with Crippen molar-refractivity contribution in [3.63, 3.8) is 0 Å². The number of rotatable bonds is 5. The highest BCUT2D eigenvalue weighted by molar-refractivity contribution is 5.74. The second-order valence-corrected chi connectivity index (χ2v) is 6.28. The zero-order valence-electron chi connectivity index (χ0n) is 13.1. The van der Waals surface area contributed by atoms with Crippen LogP contribution in [-0.4, -0.2) is 54.6 Å². The minimum absolute atomic E-state index is 0.286. The molecule has 20 heavy (non-hydrogen) atoms. The first-order valence-electron chi connectivity index (χ1n) is 8.58. The lowest BCUT2D eigenvalue weighted by Gasteiger charge is -2.31. The Morgan fingerprint density at radius 2 is 1.95 bits per heavy atom. The van der Waals surface area contributed by atoms with Crippen LogP contribution in [0.3, 0.4) is 0 Å². The van der Waals surface area contributed by atoms with Gasteiger partial charge >= 0.3 is 6.03 Å². The number of carbonyl (C=O) groups excluding carboxylic acids is 1. The Labute approximate surface area is 123 Å². The Balaban J connectivity index is 1.90. The van der Waals surface area contributed by atoms with Crippen LogP contribution in [0.2, 0.25) is 0 Å². The minimum Gasteiger partial charge on any atom is -0.325 e. The second-order valence-electron chi connectivity index (χ2n) is 6.28. The molecule has 0 aromatic rings. The third-order valence-electron chi connectivity index (χ3n) is 4.53. The Bertz CT molecular complexity index is 281. The van der Waals surface area contributed by atoms with Crippen LogP contribution in [0, 0.1) is 0 Å². The van der Waals surface area contributed by atoms with Gasteiger partial charge in [-0.25, -0.2) is 4.79 Å². The molecule has 0 aliphatic carbocycles. The predicted octanol–water partition coefficient (Wildman–Crippen LogP) is 2.84. The first-order valence-corrected chi connectivity index (χ1v) is 8.58. The fraction of sp³-hybridized carbons (Fsp3) is 0.938. The summed E-state index contributed by atoms with van der Waals surface area (Å²) >= 11 is 0. The third-order valence-corrected chi connectivity index (χ3v) is 4.53. The zero-order chi connectivity index (χ0) is 14.2. The number of likely N-dealkylation sites (tertiary alicyclic amines) is 1. The summed E-state index contributed by atoms with van der Waals surface area (Å²) in [7, 11) is 0. The number of unbranched alkanes of at least 4 members (excludes halogenated alkanes) is 1. The fourth-order valence-electron chi connectivity index (χ4n) is 3.25. The van der Waals surface area contributed by atoms with E-state index in [-0.39, 0.29) is 6.03 Å². The van der Waals surface area contributed by atoms with Crippen LogP contribution in [0.5, 0.6) is 0 Å². The van der Waals surface area contributed by atoms with E-state index in [0.29, 0.717) is 6.04 Å². The lowest BCUT2D eigenvalue weighted by atomic mass is 10.2. The normalized spacial score (nSPS) is 23.6. The van der Waals surface area contributed by atoms with Crippen molar-refractivity contribution in [3.05, 3.63) is 0 Å². The zero-order valence-corrected chi connectivity index (χ0v) is 13.1. The summed E-state index contributed by atoms with van der Waals surface area (Å²) in [6, 6.07) is 0.803. The van der Waals surface area contributed by atoms with Crippen molar-refractivity contribution in [1.82, 2.24) is 15.1 Å². The number of hydrogen-bond donors (Lipinski definition) is 1. The molecule has 2 aliphatic heterocycles. The summed E-state index contributed by atoms with van der Waals surface area (Å²) in [5, 5.41) is 3.52. The van der Waals surface area contributed by atoms with E-state index < -0.39 is 0 Å². The topological polar surface area (TPSA) is 35.6 Å². The molecule has 2 saturated heterocycles.